The van der Waals surface area contributed by atoms with Crippen LogP contribution in [0.1, 0.15) is 57.1 Å². The summed E-state index contributed by atoms with van der Waals surface area (Å²) in [5.74, 6) is -0.0782. The fourth-order valence-electron chi connectivity index (χ4n) is 4.20. The SMILES string of the molecule is CC[C@H](C)[C@@]1(C)CN(c2ncc(C3CC3)cn2)C(=O)N1CC(=O)Nc1cc(C(F)(F)F)ccn1. The van der Waals surface area contributed by atoms with E-state index in [0.717, 1.165) is 43.2 Å². The summed E-state index contributed by atoms with van der Waals surface area (Å²) < 4.78 is 38.9. The molecule has 8 nitrogen and oxygen atoms in total. The number of aromatic nitrogens is 3. The molecule has 2 aromatic heterocycles. The van der Waals surface area contributed by atoms with Crippen LogP contribution in [0.4, 0.5) is 29.7 Å². The Morgan fingerprint density at radius 2 is 1.94 bits per heavy atom. The molecule has 1 saturated carbocycles. The maximum atomic E-state index is 13.4. The van der Waals surface area contributed by atoms with Gasteiger partial charge in [0.15, 0.2) is 0 Å². The predicted molar refractivity (Wildman–Crippen MR) is 119 cm³/mol. The number of amides is 3. The van der Waals surface area contributed by atoms with Gasteiger partial charge in [0.1, 0.15) is 12.4 Å². The smallest absolute Gasteiger partial charge is 0.309 e. The highest BCUT2D eigenvalue weighted by Gasteiger charge is 2.51. The normalized spacial score (nSPS) is 21.6. The van der Waals surface area contributed by atoms with Gasteiger partial charge in [-0.05, 0) is 49.3 Å². The minimum atomic E-state index is -4.56. The van der Waals surface area contributed by atoms with Gasteiger partial charge >= 0.3 is 12.2 Å². The zero-order valence-corrected chi connectivity index (χ0v) is 19.3. The van der Waals surface area contributed by atoms with E-state index in [9.17, 15) is 22.8 Å². The van der Waals surface area contributed by atoms with Gasteiger partial charge < -0.3 is 10.2 Å². The van der Waals surface area contributed by atoms with Gasteiger partial charge in [-0.1, -0.05) is 20.3 Å². The van der Waals surface area contributed by atoms with Gasteiger partial charge in [-0.25, -0.2) is 19.7 Å². The molecule has 0 aromatic carbocycles. The standard InChI is InChI=1S/C23H27F3N6O2/c1-4-14(2)22(3)13-31(20-28-10-16(11-29-20)15-5-6-15)21(34)32(22)12-19(33)30-18-9-17(7-8-27-18)23(24,25)26/h7-11,14-15H,4-6,12-13H2,1-3H3,(H,27,30,33)/t14-,22+/m0/s1. The molecule has 1 aliphatic carbocycles. The van der Waals surface area contributed by atoms with Crippen LogP contribution in [0, 0.1) is 5.92 Å². The summed E-state index contributed by atoms with van der Waals surface area (Å²) in [5.41, 5.74) is -0.578. The summed E-state index contributed by atoms with van der Waals surface area (Å²) in [6.45, 7) is 5.84. The Morgan fingerprint density at radius 1 is 1.26 bits per heavy atom. The molecule has 1 aliphatic heterocycles. The Labute approximate surface area is 195 Å². The Bertz CT molecular complexity index is 1070. The molecular formula is C23H27F3N6O2. The minimum Gasteiger partial charge on any atom is -0.309 e. The van der Waals surface area contributed by atoms with Gasteiger partial charge in [-0.2, -0.15) is 13.2 Å². The molecule has 3 heterocycles. The number of nitrogens with one attached hydrogen (secondary N) is 1. The van der Waals surface area contributed by atoms with E-state index in [1.165, 1.54) is 9.80 Å². The van der Waals surface area contributed by atoms with Crippen LogP contribution in [0.15, 0.2) is 30.7 Å². The van der Waals surface area contributed by atoms with E-state index in [2.05, 4.69) is 20.3 Å². The Balaban J connectivity index is 1.53. The first kappa shape index (κ1) is 23.9. The molecule has 2 fully saturated rings. The van der Waals surface area contributed by atoms with E-state index in [0.29, 0.717) is 12.5 Å². The van der Waals surface area contributed by atoms with Crippen molar-refractivity contribution < 1.29 is 22.8 Å². The van der Waals surface area contributed by atoms with Crippen molar-refractivity contribution >= 4 is 23.7 Å². The van der Waals surface area contributed by atoms with E-state index in [1.807, 2.05) is 20.8 Å². The van der Waals surface area contributed by atoms with Crippen LogP contribution in [-0.2, 0) is 11.0 Å². The first-order valence-electron chi connectivity index (χ1n) is 11.3. The molecule has 2 aromatic rings. The van der Waals surface area contributed by atoms with Crippen LogP contribution in [0.2, 0.25) is 0 Å². The second-order valence-corrected chi connectivity index (χ2v) is 9.19. The molecule has 182 valence electrons. The van der Waals surface area contributed by atoms with Crippen LogP contribution < -0.4 is 10.2 Å². The first-order valence-corrected chi connectivity index (χ1v) is 11.3. The molecule has 2 aliphatic rings. The molecule has 1 saturated heterocycles. The van der Waals surface area contributed by atoms with Crippen LogP contribution >= 0.6 is 0 Å². The highest BCUT2D eigenvalue weighted by molar-refractivity contribution is 5.99. The number of hydrogen-bond acceptors (Lipinski definition) is 5. The second kappa shape index (κ2) is 8.84. The monoisotopic (exact) mass is 476 g/mol. The third-order valence-corrected chi connectivity index (χ3v) is 6.84. The first-order chi connectivity index (χ1) is 16.0. The summed E-state index contributed by atoms with van der Waals surface area (Å²) in [6.07, 6.45) is 2.88. The van der Waals surface area contributed by atoms with Gasteiger partial charge in [-0.15, -0.1) is 0 Å². The molecule has 1 N–H and O–H groups in total. The summed E-state index contributed by atoms with van der Waals surface area (Å²) in [7, 11) is 0. The van der Waals surface area contributed by atoms with Crippen molar-refractivity contribution in [3.8, 4) is 0 Å². The summed E-state index contributed by atoms with van der Waals surface area (Å²) in [5, 5.41) is 2.38. The molecule has 34 heavy (non-hydrogen) atoms. The van der Waals surface area contributed by atoms with Crippen molar-refractivity contribution in [1.29, 1.82) is 0 Å². The third-order valence-electron chi connectivity index (χ3n) is 6.84. The quantitative estimate of drug-likeness (QED) is 0.638. The van der Waals surface area contributed by atoms with Crippen LogP contribution in [0.5, 0.6) is 0 Å². The number of alkyl halides is 3. The minimum absolute atomic E-state index is 0.0340. The van der Waals surface area contributed by atoms with E-state index < -0.39 is 29.2 Å². The van der Waals surface area contributed by atoms with Gasteiger partial charge in [0, 0.05) is 18.6 Å². The van der Waals surface area contributed by atoms with Crippen LogP contribution in [0.25, 0.3) is 0 Å². The lowest BCUT2D eigenvalue weighted by atomic mass is 9.84. The number of hydrogen-bond donors (Lipinski definition) is 1. The summed E-state index contributed by atoms with van der Waals surface area (Å²) in [6, 6.07) is 1.17. The lowest BCUT2D eigenvalue weighted by molar-refractivity contribution is -0.137. The van der Waals surface area contributed by atoms with Crippen molar-refractivity contribution in [2.45, 2.75) is 57.7 Å². The molecule has 11 heteroatoms. The molecule has 0 unspecified atom stereocenters. The molecule has 0 radical (unpaired) electrons. The number of halogens is 3. The number of carbonyl (C=O) groups excluding carboxylic acids is 2. The molecule has 0 bridgehead atoms. The van der Waals surface area contributed by atoms with Crippen LogP contribution in [0.3, 0.4) is 0 Å². The largest absolute Gasteiger partial charge is 0.416 e. The van der Waals surface area contributed by atoms with E-state index in [-0.39, 0.29) is 24.2 Å². The fraction of sp³-hybridized carbons (Fsp3) is 0.522. The second-order valence-electron chi connectivity index (χ2n) is 9.19. The van der Waals surface area contributed by atoms with E-state index in [1.54, 1.807) is 12.4 Å². The number of pyridine rings is 1. The number of urea groups is 1. The van der Waals surface area contributed by atoms with Crippen molar-refractivity contribution in [2.24, 2.45) is 5.92 Å². The lowest BCUT2D eigenvalue weighted by Crippen LogP contribution is -2.52. The molecule has 3 amide bonds. The highest BCUT2D eigenvalue weighted by atomic mass is 19.4. The van der Waals surface area contributed by atoms with Crippen molar-refractivity contribution in [2.75, 3.05) is 23.3 Å². The molecule has 2 atom stereocenters. The predicted octanol–water partition coefficient (Wildman–Crippen LogP) is 4.45. The van der Waals surface area contributed by atoms with Crippen molar-refractivity contribution in [3.05, 3.63) is 41.9 Å². The molecule has 4 rings (SSSR count). The van der Waals surface area contributed by atoms with Gasteiger partial charge in [0.25, 0.3) is 0 Å². The lowest BCUT2D eigenvalue weighted by Gasteiger charge is -2.38. The van der Waals surface area contributed by atoms with Crippen molar-refractivity contribution in [1.82, 2.24) is 19.9 Å². The summed E-state index contributed by atoms with van der Waals surface area (Å²) in [4.78, 5) is 41.6. The maximum absolute atomic E-state index is 13.4. The number of anilines is 2. The number of rotatable bonds is 7. The number of carbonyl (C=O) groups is 2. The van der Waals surface area contributed by atoms with E-state index >= 15 is 0 Å². The highest BCUT2D eigenvalue weighted by Crippen LogP contribution is 2.40. The molecule has 0 spiro atoms. The van der Waals surface area contributed by atoms with E-state index in [4.69, 9.17) is 0 Å². The topological polar surface area (TPSA) is 91.3 Å². The van der Waals surface area contributed by atoms with Gasteiger partial charge in [0.05, 0.1) is 17.6 Å². The number of nitrogens with zero attached hydrogens (tertiary/aromatic N) is 5. The Kier molecular flexibility index (Phi) is 6.22. The maximum Gasteiger partial charge on any atom is 0.416 e. The molecular weight excluding hydrogens is 449 g/mol. The van der Waals surface area contributed by atoms with Crippen LogP contribution in [-0.4, -0.2) is 50.4 Å². The zero-order valence-electron chi connectivity index (χ0n) is 19.3. The summed E-state index contributed by atoms with van der Waals surface area (Å²) >= 11 is 0. The zero-order chi connectivity index (χ0) is 24.7. The average molecular weight is 477 g/mol. The van der Waals surface area contributed by atoms with Gasteiger partial charge in [0.2, 0.25) is 11.9 Å². The Morgan fingerprint density at radius 3 is 2.53 bits per heavy atom. The third kappa shape index (κ3) is 4.69. The average Bonchev–Trinajstić information content (AvgIpc) is 3.62. The Hall–Kier alpha value is -3.24. The van der Waals surface area contributed by atoms with Crippen molar-refractivity contribution in [3.63, 3.8) is 0 Å². The van der Waals surface area contributed by atoms with Gasteiger partial charge in [-0.3, -0.25) is 9.69 Å². The fourth-order valence-corrected chi connectivity index (χ4v) is 4.20.